The standard InChI is InChI=1S/C18H20N2O3/c1-18(2,3)23-17(22)20-15-6-8-19-11-14(15)13-5-4-12(7-9-21)10-16(13)20/h4-6,8,10-11,21H,7,9H2,1-3H3. The maximum Gasteiger partial charge on any atom is 0.419 e. The molecule has 3 rings (SSSR count). The lowest BCUT2D eigenvalue weighted by atomic mass is 10.1. The van der Waals surface area contributed by atoms with E-state index in [1.54, 1.807) is 17.0 Å². The van der Waals surface area contributed by atoms with Crippen LogP contribution in [0.1, 0.15) is 26.3 Å². The maximum atomic E-state index is 12.7. The van der Waals surface area contributed by atoms with Crippen molar-refractivity contribution in [2.45, 2.75) is 32.8 Å². The number of aliphatic hydroxyl groups excluding tert-OH is 1. The summed E-state index contributed by atoms with van der Waals surface area (Å²) >= 11 is 0. The third-order valence-corrected chi connectivity index (χ3v) is 3.61. The van der Waals surface area contributed by atoms with Crippen molar-refractivity contribution >= 4 is 27.9 Å². The summed E-state index contributed by atoms with van der Waals surface area (Å²) in [6, 6.07) is 7.66. The van der Waals surface area contributed by atoms with Crippen molar-refractivity contribution in [2.24, 2.45) is 0 Å². The van der Waals surface area contributed by atoms with Gasteiger partial charge in [0.15, 0.2) is 0 Å². The second kappa shape index (κ2) is 5.66. The number of aliphatic hydroxyl groups is 1. The minimum Gasteiger partial charge on any atom is -0.443 e. The van der Waals surface area contributed by atoms with Crippen molar-refractivity contribution in [1.29, 1.82) is 0 Å². The fourth-order valence-electron chi connectivity index (χ4n) is 2.70. The van der Waals surface area contributed by atoms with E-state index in [-0.39, 0.29) is 6.61 Å². The first kappa shape index (κ1) is 15.5. The van der Waals surface area contributed by atoms with E-state index in [9.17, 15) is 4.79 Å². The molecule has 0 aliphatic rings. The minimum atomic E-state index is -0.574. The Hall–Kier alpha value is -2.40. The summed E-state index contributed by atoms with van der Waals surface area (Å²) in [4.78, 5) is 16.9. The SMILES string of the molecule is CC(C)(C)OC(=O)n1c2ccncc2c2ccc(CCO)cc21. The fraction of sp³-hybridized carbons (Fsp3) is 0.333. The van der Waals surface area contributed by atoms with E-state index in [0.717, 1.165) is 27.4 Å². The molecular weight excluding hydrogens is 292 g/mol. The van der Waals surface area contributed by atoms with E-state index in [1.165, 1.54) is 0 Å². The summed E-state index contributed by atoms with van der Waals surface area (Å²) in [5.74, 6) is 0. The number of aromatic nitrogens is 2. The lowest BCUT2D eigenvalue weighted by Crippen LogP contribution is -2.27. The zero-order chi connectivity index (χ0) is 16.6. The molecule has 2 heterocycles. The summed E-state index contributed by atoms with van der Waals surface area (Å²) in [7, 11) is 0. The van der Waals surface area contributed by atoms with Crippen molar-refractivity contribution in [1.82, 2.24) is 9.55 Å². The van der Waals surface area contributed by atoms with E-state index in [4.69, 9.17) is 9.84 Å². The van der Waals surface area contributed by atoms with Crippen LogP contribution in [0.25, 0.3) is 21.8 Å². The Morgan fingerprint density at radius 2 is 2.00 bits per heavy atom. The molecule has 0 bridgehead atoms. The van der Waals surface area contributed by atoms with Gasteiger partial charge in [0.25, 0.3) is 0 Å². The van der Waals surface area contributed by atoms with Gasteiger partial charge >= 0.3 is 6.09 Å². The molecule has 2 aromatic heterocycles. The molecule has 1 aromatic carbocycles. The summed E-state index contributed by atoms with van der Waals surface area (Å²) in [6.45, 7) is 5.60. The Kier molecular flexibility index (Phi) is 3.82. The van der Waals surface area contributed by atoms with Crippen LogP contribution in [0, 0.1) is 0 Å². The van der Waals surface area contributed by atoms with Crippen LogP contribution in [0.15, 0.2) is 36.7 Å². The molecule has 23 heavy (non-hydrogen) atoms. The average Bonchev–Trinajstić information content (AvgIpc) is 2.79. The van der Waals surface area contributed by atoms with Gasteiger partial charge in [0, 0.05) is 29.8 Å². The second-order valence-electron chi connectivity index (χ2n) is 6.53. The predicted octanol–water partition coefficient (Wildman–Crippen LogP) is 3.51. The highest BCUT2D eigenvalue weighted by atomic mass is 16.6. The van der Waals surface area contributed by atoms with Gasteiger partial charge < -0.3 is 9.84 Å². The van der Waals surface area contributed by atoms with Crippen molar-refractivity contribution in [3.05, 3.63) is 42.2 Å². The first-order valence-electron chi connectivity index (χ1n) is 7.62. The van der Waals surface area contributed by atoms with Crippen LogP contribution in [0.5, 0.6) is 0 Å². The molecule has 0 fully saturated rings. The molecule has 0 aliphatic carbocycles. The molecule has 0 atom stereocenters. The van der Waals surface area contributed by atoms with Gasteiger partial charge in [0.1, 0.15) is 5.60 Å². The number of nitrogens with zero attached hydrogens (tertiary/aromatic N) is 2. The Morgan fingerprint density at radius 3 is 2.70 bits per heavy atom. The van der Waals surface area contributed by atoms with E-state index >= 15 is 0 Å². The number of carbonyl (C=O) groups excluding carboxylic acids is 1. The van der Waals surface area contributed by atoms with Crippen LogP contribution < -0.4 is 0 Å². The van der Waals surface area contributed by atoms with Crippen LogP contribution >= 0.6 is 0 Å². The largest absolute Gasteiger partial charge is 0.443 e. The highest BCUT2D eigenvalue weighted by Crippen LogP contribution is 2.30. The van der Waals surface area contributed by atoms with Gasteiger partial charge in [-0.05, 0) is 44.9 Å². The molecule has 3 aromatic rings. The summed E-state index contributed by atoms with van der Waals surface area (Å²) < 4.78 is 7.13. The van der Waals surface area contributed by atoms with Gasteiger partial charge in [0.05, 0.1) is 11.0 Å². The quantitative estimate of drug-likeness (QED) is 0.786. The molecule has 0 unspecified atom stereocenters. The molecule has 0 aliphatic heterocycles. The van der Waals surface area contributed by atoms with Crippen molar-refractivity contribution in [3.8, 4) is 0 Å². The van der Waals surface area contributed by atoms with Crippen LogP contribution in [-0.2, 0) is 11.2 Å². The van der Waals surface area contributed by atoms with E-state index in [2.05, 4.69) is 4.98 Å². The number of ether oxygens (including phenoxy) is 1. The summed E-state index contributed by atoms with van der Waals surface area (Å²) in [5.41, 5.74) is 1.94. The van der Waals surface area contributed by atoms with E-state index in [1.807, 2.05) is 45.0 Å². The third kappa shape index (κ3) is 2.92. The number of benzene rings is 1. The maximum absolute atomic E-state index is 12.7. The third-order valence-electron chi connectivity index (χ3n) is 3.61. The van der Waals surface area contributed by atoms with Crippen LogP contribution in [0.4, 0.5) is 4.79 Å². The van der Waals surface area contributed by atoms with Gasteiger partial charge in [-0.3, -0.25) is 4.98 Å². The monoisotopic (exact) mass is 312 g/mol. The highest BCUT2D eigenvalue weighted by molar-refractivity contribution is 6.12. The molecule has 0 radical (unpaired) electrons. The molecule has 0 saturated heterocycles. The normalized spacial score (nSPS) is 12.0. The zero-order valence-corrected chi connectivity index (χ0v) is 13.5. The van der Waals surface area contributed by atoms with Gasteiger partial charge in [-0.25, -0.2) is 9.36 Å². The average molecular weight is 312 g/mol. The van der Waals surface area contributed by atoms with Crippen LogP contribution in [-0.4, -0.2) is 33.0 Å². The van der Waals surface area contributed by atoms with Crippen molar-refractivity contribution in [2.75, 3.05) is 6.61 Å². The molecule has 0 saturated carbocycles. The van der Waals surface area contributed by atoms with Gasteiger partial charge in [-0.2, -0.15) is 0 Å². The summed E-state index contributed by atoms with van der Waals surface area (Å²) in [5, 5.41) is 11.0. The number of fused-ring (bicyclic) bond motifs is 3. The first-order valence-corrected chi connectivity index (χ1v) is 7.62. The van der Waals surface area contributed by atoms with E-state index < -0.39 is 11.7 Å². The molecule has 5 nitrogen and oxygen atoms in total. The van der Waals surface area contributed by atoms with Crippen LogP contribution in [0.2, 0.25) is 0 Å². The zero-order valence-electron chi connectivity index (χ0n) is 13.5. The Labute approximate surface area is 134 Å². The van der Waals surface area contributed by atoms with Gasteiger partial charge in [0.2, 0.25) is 0 Å². The molecule has 120 valence electrons. The summed E-state index contributed by atoms with van der Waals surface area (Å²) in [6.07, 6.45) is 3.55. The number of hydrogen-bond donors (Lipinski definition) is 1. The number of pyridine rings is 1. The minimum absolute atomic E-state index is 0.0692. The fourth-order valence-corrected chi connectivity index (χ4v) is 2.70. The Bertz CT molecular complexity index is 875. The number of carbonyl (C=O) groups is 1. The molecular formula is C18H20N2O3. The Morgan fingerprint density at radius 1 is 1.22 bits per heavy atom. The second-order valence-corrected chi connectivity index (χ2v) is 6.53. The van der Waals surface area contributed by atoms with Crippen molar-refractivity contribution < 1.29 is 14.6 Å². The smallest absolute Gasteiger partial charge is 0.419 e. The molecule has 0 spiro atoms. The topological polar surface area (TPSA) is 64.4 Å². The van der Waals surface area contributed by atoms with Gasteiger partial charge in [-0.15, -0.1) is 0 Å². The molecule has 1 N–H and O–H groups in total. The predicted molar refractivity (Wildman–Crippen MR) is 89.7 cm³/mol. The highest BCUT2D eigenvalue weighted by Gasteiger charge is 2.22. The Balaban J connectivity index is 2.26. The van der Waals surface area contributed by atoms with Crippen LogP contribution in [0.3, 0.4) is 0 Å². The number of hydrogen-bond acceptors (Lipinski definition) is 4. The first-order chi connectivity index (χ1) is 10.9. The number of rotatable bonds is 2. The lowest BCUT2D eigenvalue weighted by molar-refractivity contribution is 0.0551. The van der Waals surface area contributed by atoms with Gasteiger partial charge in [-0.1, -0.05) is 12.1 Å². The van der Waals surface area contributed by atoms with Crippen molar-refractivity contribution in [3.63, 3.8) is 0 Å². The molecule has 0 amide bonds. The lowest BCUT2D eigenvalue weighted by Gasteiger charge is -2.20. The van der Waals surface area contributed by atoms with E-state index in [0.29, 0.717) is 6.42 Å². The molecule has 5 heteroatoms.